The predicted octanol–water partition coefficient (Wildman–Crippen LogP) is 2.69. The van der Waals surface area contributed by atoms with E-state index in [-0.39, 0.29) is 11.8 Å². The maximum absolute atomic E-state index is 11.7. The lowest BCUT2D eigenvalue weighted by molar-refractivity contribution is -0.118. The van der Waals surface area contributed by atoms with Gasteiger partial charge in [-0.1, -0.05) is 19.9 Å². The molecule has 0 bridgehead atoms. The Morgan fingerprint density at radius 3 is 2.70 bits per heavy atom. The van der Waals surface area contributed by atoms with Crippen molar-refractivity contribution in [1.82, 2.24) is 5.32 Å². The Morgan fingerprint density at radius 1 is 1.30 bits per heavy atom. The van der Waals surface area contributed by atoms with Gasteiger partial charge in [0, 0.05) is 23.8 Å². The molecule has 3 N–H and O–H groups in total. The molecule has 1 fully saturated rings. The summed E-state index contributed by atoms with van der Waals surface area (Å²) < 4.78 is 0. The molecule has 4 nitrogen and oxygen atoms in total. The molecule has 20 heavy (non-hydrogen) atoms. The SMILES string of the molecule is CC(C)C(=O)Nc1cccc(NCC2CCNCC2)c1. The zero-order valence-electron chi connectivity index (χ0n) is 12.4. The van der Waals surface area contributed by atoms with Gasteiger partial charge in [-0.05, 0) is 50.0 Å². The van der Waals surface area contributed by atoms with E-state index in [4.69, 9.17) is 0 Å². The second-order valence-corrected chi connectivity index (χ2v) is 5.80. The van der Waals surface area contributed by atoms with Gasteiger partial charge in [-0.3, -0.25) is 4.79 Å². The molecular weight excluding hydrogens is 250 g/mol. The summed E-state index contributed by atoms with van der Waals surface area (Å²) in [6, 6.07) is 7.95. The van der Waals surface area contributed by atoms with Gasteiger partial charge in [0.1, 0.15) is 0 Å². The smallest absolute Gasteiger partial charge is 0.226 e. The summed E-state index contributed by atoms with van der Waals surface area (Å²) in [6.07, 6.45) is 2.47. The van der Waals surface area contributed by atoms with E-state index < -0.39 is 0 Å². The number of carbonyl (C=O) groups excluding carboxylic acids is 1. The highest BCUT2D eigenvalue weighted by molar-refractivity contribution is 5.92. The van der Waals surface area contributed by atoms with Crippen LogP contribution >= 0.6 is 0 Å². The Hall–Kier alpha value is -1.55. The second kappa shape index (κ2) is 7.29. The standard InChI is InChI=1S/C16H25N3O/c1-12(2)16(20)19-15-5-3-4-14(10-15)18-11-13-6-8-17-9-7-13/h3-5,10,12-13,17-18H,6-9,11H2,1-2H3,(H,19,20). The molecule has 0 aliphatic carbocycles. The normalized spacial score (nSPS) is 16.1. The molecule has 110 valence electrons. The molecule has 1 saturated heterocycles. The minimum absolute atomic E-state index is 0.00125. The van der Waals surface area contributed by atoms with E-state index in [0.29, 0.717) is 0 Å². The molecule has 1 aromatic carbocycles. The first kappa shape index (κ1) is 14.9. The van der Waals surface area contributed by atoms with E-state index in [0.717, 1.165) is 36.9 Å². The first-order valence-corrected chi connectivity index (χ1v) is 7.50. The van der Waals surface area contributed by atoms with Crippen LogP contribution in [0.5, 0.6) is 0 Å². The van der Waals surface area contributed by atoms with Crippen molar-refractivity contribution in [1.29, 1.82) is 0 Å². The van der Waals surface area contributed by atoms with Gasteiger partial charge >= 0.3 is 0 Å². The van der Waals surface area contributed by atoms with Crippen LogP contribution in [0.2, 0.25) is 0 Å². The van der Waals surface area contributed by atoms with E-state index in [1.807, 2.05) is 38.1 Å². The van der Waals surface area contributed by atoms with Crippen molar-refractivity contribution in [2.75, 3.05) is 30.3 Å². The zero-order valence-corrected chi connectivity index (χ0v) is 12.4. The third kappa shape index (κ3) is 4.53. The van der Waals surface area contributed by atoms with Gasteiger partial charge in [-0.25, -0.2) is 0 Å². The van der Waals surface area contributed by atoms with E-state index in [9.17, 15) is 4.79 Å². The van der Waals surface area contributed by atoms with Gasteiger partial charge in [0.2, 0.25) is 5.91 Å². The second-order valence-electron chi connectivity index (χ2n) is 5.80. The first-order chi connectivity index (χ1) is 9.65. The molecule has 2 rings (SSSR count). The molecule has 0 saturated carbocycles. The molecule has 0 aromatic heterocycles. The van der Waals surface area contributed by atoms with Crippen LogP contribution in [0.3, 0.4) is 0 Å². The molecule has 4 heteroatoms. The maximum atomic E-state index is 11.7. The zero-order chi connectivity index (χ0) is 14.4. The lowest BCUT2D eigenvalue weighted by Gasteiger charge is -2.23. The molecule has 1 aromatic rings. The van der Waals surface area contributed by atoms with E-state index >= 15 is 0 Å². The minimum Gasteiger partial charge on any atom is -0.385 e. The summed E-state index contributed by atoms with van der Waals surface area (Å²) in [6.45, 7) is 7.04. The van der Waals surface area contributed by atoms with Gasteiger partial charge in [0.05, 0.1) is 0 Å². The van der Waals surface area contributed by atoms with Crippen molar-refractivity contribution in [2.24, 2.45) is 11.8 Å². The van der Waals surface area contributed by atoms with Crippen LogP contribution < -0.4 is 16.0 Å². The highest BCUT2D eigenvalue weighted by atomic mass is 16.1. The fourth-order valence-corrected chi connectivity index (χ4v) is 2.34. The average Bonchev–Trinajstić information content (AvgIpc) is 2.46. The van der Waals surface area contributed by atoms with Gasteiger partial charge in [-0.2, -0.15) is 0 Å². The Labute approximate surface area is 121 Å². The van der Waals surface area contributed by atoms with Crippen molar-refractivity contribution in [3.05, 3.63) is 24.3 Å². The van der Waals surface area contributed by atoms with Gasteiger partial charge in [0.15, 0.2) is 0 Å². The third-order valence-electron chi connectivity index (χ3n) is 3.71. The molecule has 1 aliphatic rings. The number of piperidine rings is 1. The number of amides is 1. The van der Waals surface area contributed by atoms with Crippen LogP contribution in [0.15, 0.2) is 24.3 Å². The highest BCUT2D eigenvalue weighted by Gasteiger charge is 2.12. The van der Waals surface area contributed by atoms with Gasteiger partial charge in [-0.15, -0.1) is 0 Å². The number of rotatable bonds is 5. The molecular formula is C16H25N3O. The molecule has 0 atom stereocenters. The Bertz CT molecular complexity index is 439. The van der Waals surface area contributed by atoms with Crippen molar-refractivity contribution in [3.8, 4) is 0 Å². The number of nitrogens with one attached hydrogen (secondary N) is 3. The Morgan fingerprint density at radius 2 is 2.00 bits per heavy atom. The van der Waals surface area contributed by atoms with Crippen LogP contribution in [0, 0.1) is 11.8 Å². The lowest BCUT2D eigenvalue weighted by Crippen LogP contribution is -2.31. The van der Waals surface area contributed by atoms with Crippen molar-refractivity contribution in [2.45, 2.75) is 26.7 Å². The van der Waals surface area contributed by atoms with E-state index in [1.165, 1.54) is 12.8 Å². The Kier molecular flexibility index (Phi) is 5.41. The molecule has 1 heterocycles. The summed E-state index contributed by atoms with van der Waals surface area (Å²) in [4.78, 5) is 11.7. The maximum Gasteiger partial charge on any atom is 0.226 e. The van der Waals surface area contributed by atoms with Crippen LogP contribution in [-0.4, -0.2) is 25.5 Å². The van der Waals surface area contributed by atoms with Crippen LogP contribution in [-0.2, 0) is 4.79 Å². The number of benzene rings is 1. The predicted molar refractivity (Wildman–Crippen MR) is 84.0 cm³/mol. The van der Waals surface area contributed by atoms with Gasteiger partial charge in [0.25, 0.3) is 0 Å². The van der Waals surface area contributed by atoms with Crippen molar-refractivity contribution >= 4 is 17.3 Å². The lowest BCUT2D eigenvalue weighted by atomic mass is 9.98. The fourth-order valence-electron chi connectivity index (χ4n) is 2.34. The summed E-state index contributed by atoms with van der Waals surface area (Å²) in [5.41, 5.74) is 1.93. The molecule has 0 spiro atoms. The first-order valence-electron chi connectivity index (χ1n) is 7.50. The van der Waals surface area contributed by atoms with Crippen molar-refractivity contribution in [3.63, 3.8) is 0 Å². The number of hydrogen-bond donors (Lipinski definition) is 3. The summed E-state index contributed by atoms with van der Waals surface area (Å²) in [5.74, 6) is 0.798. The van der Waals surface area contributed by atoms with Gasteiger partial charge < -0.3 is 16.0 Å². The highest BCUT2D eigenvalue weighted by Crippen LogP contribution is 2.18. The third-order valence-corrected chi connectivity index (χ3v) is 3.71. The monoisotopic (exact) mass is 275 g/mol. The average molecular weight is 275 g/mol. The molecule has 0 radical (unpaired) electrons. The minimum atomic E-state index is 0.00125. The fraction of sp³-hybridized carbons (Fsp3) is 0.562. The van der Waals surface area contributed by atoms with Crippen molar-refractivity contribution < 1.29 is 4.79 Å². The molecule has 1 aliphatic heterocycles. The number of anilines is 2. The quantitative estimate of drug-likeness (QED) is 0.774. The number of carbonyl (C=O) groups is 1. The Balaban J connectivity index is 1.87. The largest absolute Gasteiger partial charge is 0.385 e. The summed E-state index contributed by atoms with van der Waals surface area (Å²) in [5, 5.41) is 9.79. The van der Waals surface area contributed by atoms with Crippen LogP contribution in [0.4, 0.5) is 11.4 Å². The van der Waals surface area contributed by atoms with Crippen LogP contribution in [0.1, 0.15) is 26.7 Å². The summed E-state index contributed by atoms with van der Waals surface area (Å²) >= 11 is 0. The molecule has 1 amide bonds. The topological polar surface area (TPSA) is 53.2 Å². The van der Waals surface area contributed by atoms with E-state index in [2.05, 4.69) is 16.0 Å². The van der Waals surface area contributed by atoms with Crippen LogP contribution in [0.25, 0.3) is 0 Å². The molecule has 0 unspecified atom stereocenters. The van der Waals surface area contributed by atoms with E-state index in [1.54, 1.807) is 0 Å². The summed E-state index contributed by atoms with van der Waals surface area (Å²) in [7, 11) is 0. The number of hydrogen-bond acceptors (Lipinski definition) is 3.